The number of amides is 2. The second kappa shape index (κ2) is 12.0. The first-order chi connectivity index (χ1) is 12.9. The number of carboxylic acid groups (broad SMARTS) is 1. The Balaban J connectivity index is 2.72. The molecule has 150 valence electrons. The maximum absolute atomic E-state index is 12.4. The van der Waals surface area contributed by atoms with Crippen LogP contribution in [-0.4, -0.2) is 59.3 Å². The molecule has 0 saturated heterocycles. The Labute approximate surface area is 158 Å². The molecule has 9 heteroatoms. The SMILES string of the molecule is NCCCC[C@H](NC(=O)[C@@H](N)Cc1ccccc1)C(=O)N[C@@H](CO)C(=O)O. The van der Waals surface area contributed by atoms with Crippen LogP contribution in [0.4, 0.5) is 0 Å². The van der Waals surface area contributed by atoms with E-state index in [9.17, 15) is 14.4 Å². The van der Waals surface area contributed by atoms with Gasteiger partial charge in [0, 0.05) is 0 Å². The van der Waals surface area contributed by atoms with E-state index < -0.39 is 42.5 Å². The van der Waals surface area contributed by atoms with Gasteiger partial charge in [-0.05, 0) is 37.8 Å². The molecular formula is C18H28N4O5. The van der Waals surface area contributed by atoms with Gasteiger partial charge < -0.3 is 32.3 Å². The summed E-state index contributed by atoms with van der Waals surface area (Å²) in [5, 5.41) is 22.8. The molecule has 0 spiro atoms. The molecule has 2 amide bonds. The Bertz CT molecular complexity index is 611. The fraction of sp³-hybridized carbons (Fsp3) is 0.500. The Kier molecular flexibility index (Phi) is 10.0. The van der Waals surface area contributed by atoms with Crippen molar-refractivity contribution < 1.29 is 24.6 Å². The smallest absolute Gasteiger partial charge is 0.328 e. The Morgan fingerprint density at radius 3 is 2.19 bits per heavy atom. The van der Waals surface area contributed by atoms with Gasteiger partial charge in [0.15, 0.2) is 0 Å². The van der Waals surface area contributed by atoms with Crippen molar-refractivity contribution in [3.8, 4) is 0 Å². The van der Waals surface area contributed by atoms with Gasteiger partial charge in [0.2, 0.25) is 11.8 Å². The van der Waals surface area contributed by atoms with Crippen LogP contribution in [0.25, 0.3) is 0 Å². The van der Waals surface area contributed by atoms with E-state index in [1.165, 1.54) is 0 Å². The molecule has 0 aliphatic carbocycles. The van der Waals surface area contributed by atoms with E-state index >= 15 is 0 Å². The number of hydrogen-bond donors (Lipinski definition) is 6. The lowest BCUT2D eigenvalue weighted by Gasteiger charge is -2.22. The van der Waals surface area contributed by atoms with Gasteiger partial charge in [0.05, 0.1) is 12.6 Å². The lowest BCUT2D eigenvalue weighted by molar-refractivity contribution is -0.143. The van der Waals surface area contributed by atoms with Gasteiger partial charge in [-0.3, -0.25) is 9.59 Å². The van der Waals surface area contributed by atoms with Crippen molar-refractivity contribution in [3.63, 3.8) is 0 Å². The largest absolute Gasteiger partial charge is 0.480 e. The second-order valence-electron chi connectivity index (χ2n) is 6.22. The molecule has 0 saturated carbocycles. The summed E-state index contributed by atoms with van der Waals surface area (Å²) < 4.78 is 0. The molecule has 1 aromatic rings. The third-order valence-corrected chi connectivity index (χ3v) is 4.01. The van der Waals surface area contributed by atoms with Crippen molar-refractivity contribution in [2.24, 2.45) is 11.5 Å². The predicted octanol–water partition coefficient (Wildman–Crippen LogP) is -1.27. The summed E-state index contributed by atoms with van der Waals surface area (Å²) in [4.78, 5) is 35.7. The molecule has 0 unspecified atom stereocenters. The van der Waals surface area contributed by atoms with E-state index in [4.69, 9.17) is 21.7 Å². The molecule has 0 fully saturated rings. The number of hydrogen-bond acceptors (Lipinski definition) is 6. The molecule has 3 atom stereocenters. The summed E-state index contributed by atoms with van der Waals surface area (Å²) in [5.74, 6) is -2.56. The van der Waals surface area contributed by atoms with Gasteiger partial charge in [-0.15, -0.1) is 0 Å². The fourth-order valence-electron chi connectivity index (χ4n) is 2.46. The number of aliphatic carboxylic acids is 1. The highest BCUT2D eigenvalue weighted by Gasteiger charge is 2.27. The van der Waals surface area contributed by atoms with E-state index in [-0.39, 0.29) is 6.42 Å². The van der Waals surface area contributed by atoms with Gasteiger partial charge in [-0.2, -0.15) is 0 Å². The average molecular weight is 380 g/mol. The Morgan fingerprint density at radius 1 is 1.00 bits per heavy atom. The second-order valence-corrected chi connectivity index (χ2v) is 6.22. The number of carbonyl (C=O) groups is 3. The summed E-state index contributed by atoms with van der Waals surface area (Å²) in [6, 6.07) is 5.96. The molecule has 27 heavy (non-hydrogen) atoms. The highest BCUT2D eigenvalue weighted by atomic mass is 16.4. The first kappa shape index (κ1) is 22.6. The van der Waals surface area contributed by atoms with Crippen LogP contribution in [0.2, 0.25) is 0 Å². The zero-order chi connectivity index (χ0) is 20.2. The van der Waals surface area contributed by atoms with Crippen LogP contribution in [0.15, 0.2) is 30.3 Å². The summed E-state index contributed by atoms with van der Waals surface area (Å²) in [5.41, 5.74) is 12.3. The van der Waals surface area contributed by atoms with Gasteiger partial charge in [-0.1, -0.05) is 30.3 Å². The van der Waals surface area contributed by atoms with Gasteiger partial charge in [0.1, 0.15) is 12.1 Å². The topological polar surface area (TPSA) is 168 Å². The quantitative estimate of drug-likeness (QED) is 0.246. The fourth-order valence-corrected chi connectivity index (χ4v) is 2.46. The van der Waals surface area contributed by atoms with Crippen molar-refractivity contribution in [1.82, 2.24) is 10.6 Å². The Morgan fingerprint density at radius 2 is 1.63 bits per heavy atom. The maximum atomic E-state index is 12.4. The normalized spacial score (nSPS) is 14.0. The van der Waals surface area contributed by atoms with Crippen molar-refractivity contribution in [1.29, 1.82) is 0 Å². The van der Waals surface area contributed by atoms with E-state index in [1.54, 1.807) is 0 Å². The van der Waals surface area contributed by atoms with E-state index in [2.05, 4.69) is 10.6 Å². The molecule has 0 aliphatic rings. The number of aliphatic hydroxyl groups excluding tert-OH is 1. The number of aliphatic hydroxyl groups is 1. The molecule has 0 bridgehead atoms. The van der Waals surface area contributed by atoms with Gasteiger partial charge in [-0.25, -0.2) is 4.79 Å². The highest BCUT2D eigenvalue weighted by Crippen LogP contribution is 2.05. The highest BCUT2D eigenvalue weighted by molar-refractivity contribution is 5.91. The van der Waals surface area contributed by atoms with Gasteiger partial charge in [0.25, 0.3) is 0 Å². The van der Waals surface area contributed by atoms with E-state index in [1.807, 2.05) is 30.3 Å². The van der Waals surface area contributed by atoms with E-state index in [0.717, 1.165) is 5.56 Å². The van der Waals surface area contributed by atoms with E-state index in [0.29, 0.717) is 25.8 Å². The van der Waals surface area contributed by atoms with Crippen LogP contribution in [0.5, 0.6) is 0 Å². The van der Waals surface area contributed by atoms with Crippen LogP contribution < -0.4 is 22.1 Å². The standard InChI is InChI=1S/C18H28N4O5/c19-9-5-4-8-14(17(25)22-15(11-23)18(26)27)21-16(24)13(20)10-12-6-2-1-3-7-12/h1-3,6-7,13-15,23H,4-5,8-11,19-20H2,(H,21,24)(H,22,25)(H,26,27)/t13-,14-,15-/m0/s1. The zero-order valence-electron chi connectivity index (χ0n) is 15.1. The van der Waals surface area contributed by atoms with Crippen LogP contribution >= 0.6 is 0 Å². The minimum Gasteiger partial charge on any atom is -0.480 e. The molecular weight excluding hydrogens is 352 g/mol. The number of carboxylic acids is 1. The van der Waals surface area contributed by atoms with Crippen LogP contribution in [-0.2, 0) is 20.8 Å². The summed E-state index contributed by atoms with van der Waals surface area (Å²) >= 11 is 0. The number of benzene rings is 1. The Hall–Kier alpha value is -2.49. The zero-order valence-corrected chi connectivity index (χ0v) is 15.1. The minimum atomic E-state index is -1.44. The third kappa shape index (κ3) is 8.16. The van der Waals surface area contributed by atoms with Crippen molar-refractivity contribution in [2.75, 3.05) is 13.2 Å². The van der Waals surface area contributed by atoms with Crippen molar-refractivity contribution in [3.05, 3.63) is 35.9 Å². The number of rotatable bonds is 12. The summed E-state index contributed by atoms with van der Waals surface area (Å²) in [7, 11) is 0. The molecule has 0 heterocycles. The number of carbonyl (C=O) groups excluding carboxylic acids is 2. The lowest BCUT2D eigenvalue weighted by atomic mass is 10.0. The minimum absolute atomic E-state index is 0.282. The lowest BCUT2D eigenvalue weighted by Crippen LogP contribution is -2.55. The molecule has 0 radical (unpaired) electrons. The third-order valence-electron chi connectivity index (χ3n) is 4.01. The first-order valence-corrected chi connectivity index (χ1v) is 8.83. The van der Waals surface area contributed by atoms with Crippen LogP contribution in [0.3, 0.4) is 0 Å². The first-order valence-electron chi connectivity index (χ1n) is 8.83. The molecule has 0 aliphatic heterocycles. The van der Waals surface area contributed by atoms with Crippen LogP contribution in [0, 0.1) is 0 Å². The molecule has 1 rings (SSSR count). The van der Waals surface area contributed by atoms with Gasteiger partial charge >= 0.3 is 5.97 Å². The molecule has 8 N–H and O–H groups in total. The van der Waals surface area contributed by atoms with Crippen LogP contribution in [0.1, 0.15) is 24.8 Å². The maximum Gasteiger partial charge on any atom is 0.328 e. The molecule has 1 aromatic carbocycles. The summed E-state index contributed by atoms with van der Waals surface area (Å²) in [6.45, 7) is -0.317. The average Bonchev–Trinajstić information content (AvgIpc) is 2.65. The number of unbranched alkanes of at least 4 members (excludes halogenated alkanes) is 1. The predicted molar refractivity (Wildman–Crippen MR) is 99.6 cm³/mol. The van der Waals surface area contributed by atoms with Crippen molar-refractivity contribution in [2.45, 2.75) is 43.8 Å². The number of nitrogens with one attached hydrogen (secondary N) is 2. The number of nitrogens with two attached hydrogens (primary N) is 2. The molecule has 9 nitrogen and oxygen atoms in total. The van der Waals surface area contributed by atoms with Crippen molar-refractivity contribution >= 4 is 17.8 Å². The summed E-state index contributed by atoms with van der Waals surface area (Å²) in [6.07, 6.45) is 1.81. The molecule has 0 aromatic heterocycles. The monoisotopic (exact) mass is 380 g/mol.